The highest BCUT2D eigenvalue weighted by atomic mass is 19.1. The molecule has 0 amide bonds. The Kier molecular flexibility index (Phi) is 3.80. The molecule has 4 nitrogen and oxygen atoms in total. The maximum Gasteiger partial charge on any atom is 0.295 e. The molecule has 0 N–H and O–H groups in total. The van der Waals surface area contributed by atoms with Gasteiger partial charge in [-0.05, 0) is 30.3 Å². The first kappa shape index (κ1) is 14.8. The van der Waals surface area contributed by atoms with E-state index in [9.17, 15) is 18.9 Å². The summed E-state index contributed by atoms with van der Waals surface area (Å²) in [4.78, 5) is 14.9. The first-order valence-electron chi connectivity index (χ1n) is 6.72. The fraction of sp³-hybridized carbons (Fsp3) is 0. The minimum atomic E-state index is -0.581. The maximum absolute atomic E-state index is 13.4. The van der Waals surface area contributed by atoms with Gasteiger partial charge in [0.1, 0.15) is 17.3 Å². The van der Waals surface area contributed by atoms with Gasteiger partial charge in [-0.15, -0.1) is 0 Å². The average molecular weight is 312 g/mol. The largest absolute Gasteiger partial charge is 0.295 e. The van der Waals surface area contributed by atoms with Crippen LogP contribution < -0.4 is 0 Å². The number of hydrogen-bond acceptors (Lipinski definition) is 3. The maximum atomic E-state index is 13.4. The fourth-order valence-electron chi connectivity index (χ4n) is 2.26. The molecule has 1 heterocycles. The predicted octanol–water partition coefficient (Wildman–Crippen LogP) is 4.60. The highest BCUT2D eigenvalue weighted by Crippen LogP contribution is 2.31. The van der Waals surface area contributed by atoms with Crippen molar-refractivity contribution in [2.45, 2.75) is 0 Å². The first-order chi connectivity index (χ1) is 11.0. The van der Waals surface area contributed by atoms with Gasteiger partial charge in [-0.25, -0.2) is 13.8 Å². The molecule has 3 aromatic rings. The van der Waals surface area contributed by atoms with E-state index in [2.05, 4.69) is 4.98 Å². The predicted molar refractivity (Wildman–Crippen MR) is 81.7 cm³/mol. The summed E-state index contributed by atoms with van der Waals surface area (Å²) in [5, 5.41) is 11.2. The molecule has 114 valence electrons. The Morgan fingerprint density at radius 2 is 1.48 bits per heavy atom. The molecule has 0 saturated heterocycles. The second-order valence-electron chi connectivity index (χ2n) is 4.84. The third-order valence-electron chi connectivity index (χ3n) is 3.29. The SMILES string of the molecule is O=[N+]([O-])c1ccc(-c2cccc(F)c2)nc1-c1cccc(F)c1. The number of rotatable bonds is 3. The monoisotopic (exact) mass is 312 g/mol. The summed E-state index contributed by atoms with van der Waals surface area (Å²) in [6, 6.07) is 13.9. The molecule has 0 spiro atoms. The summed E-state index contributed by atoms with van der Waals surface area (Å²) < 4.78 is 26.8. The number of hydrogen-bond donors (Lipinski definition) is 0. The molecule has 2 aromatic carbocycles. The van der Waals surface area contributed by atoms with Gasteiger partial charge in [-0.2, -0.15) is 0 Å². The second kappa shape index (κ2) is 5.92. The van der Waals surface area contributed by atoms with Gasteiger partial charge >= 0.3 is 0 Å². The molecule has 0 saturated carbocycles. The van der Waals surface area contributed by atoms with Gasteiger partial charge in [0.2, 0.25) is 0 Å². The standard InChI is InChI=1S/C17H10F2N2O2/c18-13-5-1-3-11(9-13)15-7-8-16(21(22)23)17(20-15)12-4-2-6-14(19)10-12/h1-10H. The van der Waals surface area contributed by atoms with Crippen LogP contribution in [0.3, 0.4) is 0 Å². The minimum absolute atomic E-state index is 0.0382. The van der Waals surface area contributed by atoms with Crippen molar-refractivity contribution in [2.75, 3.05) is 0 Å². The van der Waals surface area contributed by atoms with Crippen LogP contribution in [0.5, 0.6) is 0 Å². The van der Waals surface area contributed by atoms with Crippen molar-refractivity contribution in [1.82, 2.24) is 4.98 Å². The van der Waals surface area contributed by atoms with E-state index in [-0.39, 0.29) is 16.9 Å². The Labute approximate surface area is 130 Å². The topological polar surface area (TPSA) is 56.0 Å². The van der Waals surface area contributed by atoms with Crippen LogP contribution in [-0.2, 0) is 0 Å². The molecule has 3 rings (SSSR count). The second-order valence-corrected chi connectivity index (χ2v) is 4.84. The van der Waals surface area contributed by atoms with Gasteiger partial charge in [0.05, 0.1) is 10.6 Å². The van der Waals surface area contributed by atoms with E-state index in [1.807, 2.05) is 0 Å². The van der Waals surface area contributed by atoms with Crippen LogP contribution in [0.25, 0.3) is 22.5 Å². The van der Waals surface area contributed by atoms with Gasteiger partial charge in [-0.3, -0.25) is 10.1 Å². The van der Waals surface area contributed by atoms with Crippen LogP contribution in [-0.4, -0.2) is 9.91 Å². The molecular weight excluding hydrogens is 302 g/mol. The zero-order valence-corrected chi connectivity index (χ0v) is 11.7. The Balaban J connectivity index is 2.20. The highest BCUT2D eigenvalue weighted by molar-refractivity contribution is 5.73. The zero-order chi connectivity index (χ0) is 16.4. The smallest absolute Gasteiger partial charge is 0.258 e. The van der Waals surface area contributed by atoms with Gasteiger partial charge in [0.15, 0.2) is 0 Å². The van der Waals surface area contributed by atoms with Gasteiger partial charge < -0.3 is 0 Å². The third kappa shape index (κ3) is 3.06. The minimum Gasteiger partial charge on any atom is -0.258 e. The molecule has 0 aliphatic rings. The molecule has 23 heavy (non-hydrogen) atoms. The Morgan fingerprint density at radius 1 is 0.870 bits per heavy atom. The van der Waals surface area contributed by atoms with Crippen molar-refractivity contribution in [3.05, 3.63) is 82.4 Å². The van der Waals surface area contributed by atoms with Crippen LogP contribution in [0.2, 0.25) is 0 Å². The van der Waals surface area contributed by atoms with E-state index in [1.54, 1.807) is 6.07 Å². The van der Waals surface area contributed by atoms with Crippen LogP contribution in [0, 0.1) is 21.7 Å². The van der Waals surface area contributed by atoms with E-state index in [1.165, 1.54) is 54.6 Å². The summed E-state index contributed by atoms with van der Waals surface area (Å²) in [5.41, 5.74) is 0.939. The lowest BCUT2D eigenvalue weighted by Gasteiger charge is -2.06. The lowest BCUT2D eigenvalue weighted by molar-refractivity contribution is -0.384. The molecule has 0 bridgehead atoms. The first-order valence-corrected chi connectivity index (χ1v) is 6.72. The lowest BCUT2D eigenvalue weighted by Crippen LogP contribution is -1.97. The number of benzene rings is 2. The van der Waals surface area contributed by atoms with Crippen LogP contribution in [0.1, 0.15) is 0 Å². The van der Waals surface area contributed by atoms with Gasteiger partial charge in [-0.1, -0.05) is 24.3 Å². The summed E-state index contributed by atoms with van der Waals surface area (Å²) in [5.74, 6) is -0.954. The highest BCUT2D eigenvalue weighted by Gasteiger charge is 2.18. The quantitative estimate of drug-likeness (QED) is 0.524. The van der Waals surface area contributed by atoms with Crippen molar-refractivity contribution < 1.29 is 13.7 Å². The lowest BCUT2D eigenvalue weighted by atomic mass is 10.1. The third-order valence-corrected chi connectivity index (χ3v) is 3.29. The molecule has 0 aliphatic carbocycles. The summed E-state index contributed by atoms with van der Waals surface area (Å²) in [7, 11) is 0. The number of halogens is 2. The number of nitrogens with zero attached hydrogens (tertiary/aromatic N) is 2. The number of pyridine rings is 1. The number of aromatic nitrogens is 1. The van der Waals surface area contributed by atoms with Crippen molar-refractivity contribution >= 4 is 5.69 Å². The van der Waals surface area contributed by atoms with E-state index in [0.29, 0.717) is 11.3 Å². The zero-order valence-electron chi connectivity index (χ0n) is 11.7. The molecular formula is C17H10F2N2O2. The molecule has 6 heteroatoms. The van der Waals surface area contributed by atoms with Crippen molar-refractivity contribution in [2.24, 2.45) is 0 Å². The summed E-state index contributed by atoms with van der Waals surface area (Å²) in [6.07, 6.45) is 0. The van der Waals surface area contributed by atoms with E-state index >= 15 is 0 Å². The number of nitro groups is 1. The van der Waals surface area contributed by atoms with E-state index in [0.717, 1.165) is 0 Å². The Morgan fingerprint density at radius 3 is 2.09 bits per heavy atom. The van der Waals surface area contributed by atoms with E-state index in [4.69, 9.17) is 0 Å². The normalized spacial score (nSPS) is 10.5. The fourth-order valence-corrected chi connectivity index (χ4v) is 2.26. The van der Waals surface area contributed by atoms with E-state index < -0.39 is 16.6 Å². The summed E-state index contributed by atoms with van der Waals surface area (Å²) in [6.45, 7) is 0. The molecule has 0 aliphatic heterocycles. The Hall–Kier alpha value is -3.15. The van der Waals surface area contributed by atoms with Crippen molar-refractivity contribution in [3.8, 4) is 22.5 Å². The van der Waals surface area contributed by atoms with Gasteiger partial charge in [0.25, 0.3) is 5.69 Å². The molecule has 0 radical (unpaired) electrons. The van der Waals surface area contributed by atoms with Crippen molar-refractivity contribution in [1.29, 1.82) is 0 Å². The summed E-state index contributed by atoms with van der Waals surface area (Å²) >= 11 is 0. The molecule has 0 atom stereocenters. The van der Waals surface area contributed by atoms with Crippen LogP contribution >= 0.6 is 0 Å². The molecule has 1 aromatic heterocycles. The average Bonchev–Trinajstić information content (AvgIpc) is 2.54. The van der Waals surface area contributed by atoms with Gasteiger partial charge in [0, 0.05) is 17.2 Å². The van der Waals surface area contributed by atoms with Crippen LogP contribution in [0.4, 0.5) is 14.5 Å². The Bertz CT molecular complexity index is 897. The molecule has 0 unspecified atom stereocenters. The van der Waals surface area contributed by atoms with Crippen LogP contribution in [0.15, 0.2) is 60.7 Å². The van der Waals surface area contributed by atoms with Crippen molar-refractivity contribution in [3.63, 3.8) is 0 Å². The molecule has 0 fully saturated rings.